The number of carbonyl (C=O) groups is 1. The molecule has 134 valence electrons. The van der Waals surface area contributed by atoms with Crippen LogP contribution in [0.25, 0.3) is 22.4 Å². The van der Waals surface area contributed by atoms with Gasteiger partial charge in [0.25, 0.3) is 5.91 Å². The molecule has 0 spiro atoms. The molecule has 5 nitrogen and oxygen atoms in total. The average Bonchev–Trinajstić information content (AvgIpc) is 3.02. The summed E-state index contributed by atoms with van der Waals surface area (Å²) in [6, 6.07) is 11.8. The van der Waals surface area contributed by atoms with Gasteiger partial charge in [0.05, 0.1) is 21.3 Å². The number of carbonyl (C=O) groups excluding carboxylic acids is 1. The molecular weight excluding hydrogens is 416 g/mol. The number of para-hydroxylation sites is 1. The number of aromatic nitrogens is 1. The van der Waals surface area contributed by atoms with Gasteiger partial charge in [-0.05, 0) is 58.8 Å². The van der Waals surface area contributed by atoms with E-state index in [1.165, 1.54) is 0 Å². The Bertz CT molecular complexity index is 936. The highest BCUT2D eigenvalue weighted by Gasteiger charge is 2.12. The maximum Gasteiger partial charge on any atom is 0.255 e. The van der Waals surface area contributed by atoms with Crippen LogP contribution in [0.5, 0.6) is 11.5 Å². The van der Waals surface area contributed by atoms with Crippen LogP contribution in [0.4, 0.5) is 0 Å². The van der Waals surface area contributed by atoms with E-state index in [1.807, 2.05) is 49.4 Å². The number of hydrogen-bond donors (Lipinski definition) is 1. The monoisotopic (exact) mass is 432 g/mol. The zero-order valence-corrected chi connectivity index (χ0v) is 16.5. The minimum atomic E-state index is -0.542. The second-order valence-corrected chi connectivity index (χ2v) is 7.29. The number of amides is 1. The van der Waals surface area contributed by atoms with Gasteiger partial charge < -0.3 is 15.2 Å². The molecule has 0 fully saturated rings. The summed E-state index contributed by atoms with van der Waals surface area (Å²) in [5.41, 5.74) is 7.06. The molecule has 0 saturated heterocycles. The van der Waals surface area contributed by atoms with Gasteiger partial charge in [-0.15, -0.1) is 11.3 Å². The van der Waals surface area contributed by atoms with Gasteiger partial charge in [-0.1, -0.05) is 18.2 Å². The summed E-state index contributed by atoms with van der Waals surface area (Å²) in [4.78, 5) is 15.6. The van der Waals surface area contributed by atoms with Crippen molar-refractivity contribution in [2.24, 2.45) is 5.73 Å². The van der Waals surface area contributed by atoms with Crippen molar-refractivity contribution in [3.63, 3.8) is 0 Å². The lowest BCUT2D eigenvalue weighted by Gasteiger charge is -2.13. The minimum Gasteiger partial charge on any atom is -0.490 e. The smallest absolute Gasteiger partial charge is 0.255 e. The quantitative estimate of drug-likeness (QED) is 0.596. The fraction of sp³-hybridized carbons (Fsp3) is 0.158. The molecule has 2 aromatic carbocycles. The van der Waals surface area contributed by atoms with Crippen molar-refractivity contribution in [2.45, 2.75) is 6.92 Å². The van der Waals surface area contributed by atoms with E-state index in [2.05, 4.69) is 27.0 Å². The maximum atomic E-state index is 11.0. The lowest BCUT2D eigenvalue weighted by atomic mass is 10.2. The first-order valence-electron chi connectivity index (χ1n) is 7.98. The Hall–Kier alpha value is -2.38. The Kier molecular flexibility index (Phi) is 5.90. The number of halogens is 1. The summed E-state index contributed by atoms with van der Waals surface area (Å²) in [6.45, 7) is 2.15. The van der Waals surface area contributed by atoms with Crippen molar-refractivity contribution >= 4 is 55.5 Å². The molecule has 0 aliphatic heterocycles. The molecule has 1 amide bonds. The van der Waals surface area contributed by atoms with E-state index in [0.29, 0.717) is 22.6 Å². The van der Waals surface area contributed by atoms with Crippen molar-refractivity contribution in [3.8, 4) is 11.5 Å². The second-order valence-electron chi connectivity index (χ2n) is 5.37. The Morgan fingerprint density at radius 1 is 1.27 bits per heavy atom. The predicted octanol–water partition coefficient (Wildman–Crippen LogP) is 4.49. The summed E-state index contributed by atoms with van der Waals surface area (Å²) >= 11 is 5.10. The summed E-state index contributed by atoms with van der Waals surface area (Å²) in [5.74, 6) is 0.467. The van der Waals surface area contributed by atoms with Crippen molar-refractivity contribution in [1.29, 1.82) is 0 Å². The number of benzene rings is 2. The zero-order chi connectivity index (χ0) is 18.5. The molecule has 0 bridgehead atoms. The maximum absolute atomic E-state index is 11.0. The van der Waals surface area contributed by atoms with E-state index in [-0.39, 0.29) is 6.61 Å². The molecule has 2 N–H and O–H groups in total. The third-order valence-corrected chi connectivity index (χ3v) is 5.01. The molecule has 0 aliphatic rings. The molecule has 3 aromatic rings. The highest BCUT2D eigenvalue weighted by atomic mass is 79.9. The van der Waals surface area contributed by atoms with Crippen LogP contribution in [-0.4, -0.2) is 24.1 Å². The highest BCUT2D eigenvalue weighted by molar-refractivity contribution is 9.10. The molecule has 0 aliphatic carbocycles. The molecule has 0 radical (unpaired) electrons. The van der Waals surface area contributed by atoms with Crippen LogP contribution in [0.1, 0.15) is 17.5 Å². The predicted molar refractivity (Wildman–Crippen MR) is 109 cm³/mol. The van der Waals surface area contributed by atoms with Crippen molar-refractivity contribution in [1.82, 2.24) is 4.98 Å². The van der Waals surface area contributed by atoms with E-state index in [1.54, 1.807) is 11.3 Å². The van der Waals surface area contributed by atoms with Gasteiger partial charge in [0.1, 0.15) is 5.01 Å². The first-order valence-corrected chi connectivity index (χ1v) is 9.59. The molecule has 7 heteroatoms. The molecule has 0 atom stereocenters. The third kappa shape index (κ3) is 4.42. The first-order chi connectivity index (χ1) is 12.6. The van der Waals surface area contributed by atoms with Gasteiger partial charge in [-0.2, -0.15) is 0 Å². The summed E-state index contributed by atoms with van der Waals surface area (Å²) < 4.78 is 12.9. The first kappa shape index (κ1) is 18.4. The molecule has 3 rings (SSSR count). The summed E-state index contributed by atoms with van der Waals surface area (Å²) in [5, 5.41) is 0.925. The van der Waals surface area contributed by atoms with E-state index in [0.717, 1.165) is 20.8 Å². The van der Waals surface area contributed by atoms with Crippen LogP contribution >= 0.6 is 27.3 Å². The number of thiazole rings is 1. The lowest BCUT2D eigenvalue weighted by molar-refractivity contribution is -0.119. The SMILES string of the molecule is CCOc1cc(/C=C/c2nc3ccccc3s2)cc(Br)c1OCC(N)=O. The normalized spacial score (nSPS) is 11.2. The standard InChI is InChI=1S/C19H17BrN2O3S/c1-2-24-15-10-12(9-13(20)19(15)25-11-17(21)23)7-8-18-22-14-5-3-4-6-16(14)26-18/h3-10H,2,11H2,1H3,(H2,21,23)/b8-7+. The fourth-order valence-electron chi connectivity index (χ4n) is 2.36. The number of hydrogen-bond acceptors (Lipinski definition) is 5. The topological polar surface area (TPSA) is 74.4 Å². The number of ether oxygens (including phenoxy) is 2. The molecule has 26 heavy (non-hydrogen) atoms. The number of rotatable bonds is 7. The van der Waals surface area contributed by atoms with E-state index >= 15 is 0 Å². The average molecular weight is 433 g/mol. The summed E-state index contributed by atoms with van der Waals surface area (Å²) in [6.07, 6.45) is 3.93. The van der Waals surface area contributed by atoms with Gasteiger partial charge in [-0.3, -0.25) is 4.79 Å². The van der Waals surface area contributed by atoms with Gasteiger partial charge >= 0.3 is 0 Å². The molecule has 1 aromatic heterocycles. The Morgan fingerprint density at radius 2 is 2.08 bits per heavy atom. The number of primary amides is 1. The Labute approximate surface area is 163 Å². The second kappa shape index (κ2) is 8.33. The van der Waals surface area contributed by atoms with Crippen molar-refractivity contribution < 1.29 is 14.3 Å². The summed E-state index contributed by atoms with van der Waals surface area (Å²) in [7, 11) is 0. The molecule has 0 unspecified atom stereocenters. The van der Waals surface area contributed by atoms with Gasteiger partial charge in [0, 0.05) is 0 Å². The van der Waals surface area contributed by atoms with Gasteiger partial charge in [-0.25, -0.2) is 4.98 Å². The largest absolute Gasteiger partial charge is 0.490 e. The fourth-order valence-corrected chi connectivity index (χ4v) is 3.80. The Morgan fingerprint density at radius 3 is 2.81 bits per heavy atom. The molecular formula is C19H17BrN2O3S. The van der Waals surface area contributed by atoms with E-state index < -0.39 is 5.91 Å². The zero-order valence-electron chi connectivity index (χ0n) is 14.1. The van der Waals surface area contributed by atoms with Crippen molar-refractivity contribution in [3.05, 3.63) is 51.4 Å². The van der Waals surface area contributed by atoms with E-state index in [9.17, 15) is 4.79 Å². The van der Waals surface area contributed by atoms with Crippen LogP contribution in [0.3, 0.4) is 0 Å². The third-order valence-electron chi connectivity index (χ3n) is 3.42. The number of nitrogens with zero attached hydrogens (tertiary/aromatic N) is 1. The number of nitrogens with two attached hydrogens (primary N) is 1. The molecule has 0 saturated carbocycles. The van der Waals surface area contributed by atoms with Crippen LogP contribution in [0.15, 0.2) is 40.9 Å². The van der Waals surface area contributed by atoms with Gasteiger partial charge in [0.15, 0.2) is 18.1 Å². The minimum absolute atomic E-state index is 0.209. The Balaban J connectivity index is 1.88. The van der Waals surface area contributed by atoms with Crippen LogP contribution in [0.2, 0.25) is 0 Å². The lowest BCUT2D eigenvalue weighted by Crippen LogP contribution is -2.20. The van der Waals surface area contributed by atoms with Crippen molar-refractivity contribution in [2.75, 3.05) is 13.2 Å². The van der Waals surface area contributed by atoms with E-state index in [4.69, 9.17) is 15.2 Å². The highest BCUT2D eigenvalue weighted by Crippen LogP contribution is 2.37. The van der Waals surface area contributed by atoms with Crippen LogP contribution in [0, 0.1) is 0 Å². The van der Waals surface area contributed by atoms with Crippen LogP contribution < -0.4 is 15.2 Å². The number of fused-ring (bicyclic) bond motifs is 1. The van der Waals surface area contributed by atoms with Crippen LogP contribution in [-0.2, 0) is 4.79 Å². The molecule has 1 heterocycles. The van der Waals surface area contributed by atoms with Gasteiger partial charge in [0.2, 0.25) is 0 Å².